The van der Waals surface area contributed by atoms with Crippen molar-refractivity contribution in [3.63, 3.8) is 0 Å². The molecule has 0 radical (unpaired) electrons. The Hall–Kier alpha value is 0.270. The summed E-state index contributed by atoms with van der Waals surface area (Å²) in [6.45, 7) is 4.27. The zero-order chi connectivity index (χ0) is 8.16. The van der Waals surface area contributed by atoms with Crippen molar-refractivity contribution in [2.24, 2.45) is 0 Å². The largest absolute Gasteiger partial charge is 0.376 e. The summed E-state index contributed by atoms with van der Waals surface area (Å²) in [6.07, 6.45) is 1.19. The van der Waals surface area contributed by atoms with E-state index in [4.69, 9.17) is 4.74 Å². The van der Waals surface area contributed by atoms with Crippen molar-refractivity contribution in [1.29, 1.82) is 0 Å². The Kier molecular flexibility index (Phi) is 3.69. The minimum absolute atomic E-state index is 0.183. The normalized spacial score (nSPS) is 21.3. The van der Waals surface area contributed by atoms with Crippen molar-refractivity contribution in [3.8, 4) is 0 Å². The maximum absolute atomic E-state index is 5.44. The SMILES string of the molecule is CCSCCC1(OC)CNC1. The molecule has 0 spiro atoms. The average molecular weight is 175 g/mol. The van der Waals surface area contributed by atoms with E-state index in [-0.39, 0.29) is 5.60 Å². The van der Waals surface area contributed by atoms with Gasteiger partial charge in [-0.3, -0.25) is 0 Å². The zero-order valence-electron chi connectivity index (χ0n) is 7.35. The molecular weight excluding hydrogens is 158 g/mol. The molecule has 0 aromatic heterocycles. The van der Waals surface area contributed by atoms with Crippen LogP contribution in [0.5, 0.6) is 0 Å². The maximum Gasteiger partial charge on any atom is 0.0933 e. The van der Waals surface area contributed by atoms with Gasteiger partial charge >= 0.3 is 0 Å². The second-order valence-corrected chi connectivity index (χ2v) is 4.33. The molecule has 1 heterocycles. The average Bonchev–Trinajstić information content (AvgIpc) is 1.95. The standard InChI is InChI=1S/C8H17NOS/c1-3-11-5-4-8(10-2)6-9-7-8/h9H,3-7H2,1-2H3. The van der Waals surface area contributed by atoms with Gasteiger partial charge in [0.2, 0.25) is 0 Å². The molecule has 0 aliphatic carbocycles. The van der Waals surface area contributed by atoms with Gasteiger partial charge in [-0.25, -0.2) is 0 Å². The fraction of sp³-hybridized carbons (Fsp3) is 1.00. The first kappa shape index (κ1) is 9.36. The van der Waals surface area contributed by atoms with Crippen molar-refractivity contribution in [1.82, 2.24) is 5.32 Å². The third-order valence-corrected chi connectivity index (χ3v) is 3.13. The Balaban J connectivity index is 2.11. The summed E-state index contributed by atoms with van der Waals surface area (Å²) < 4.78 is 5.44. The summed E-state index contributed by atoms with van der Waals surface area (Å²) >= 11 is 1.99. The molecule has 1 aliphatic heterocycles. The predicted octanol–water partition coefficient (Wildman–Crippen LogP) is 1.12. The van der Waals surface area contributed by atoms with Crippen molar-refractivity contribution in [2.45, 2.75) is 18.9 Å². The second kappa shape index (κ2) is 4.33. The topological polar surface area (TPSA) is 21.3 Å². The first-order valence-electron chi connectivity index (χ1n) is 4.16. The Bertz CT molecular complexity index is 109. The highest BCUT2D eigenvalue weighted by Crippen LogP contribution is 2.22. The number of rotatable bonds is 5. The molecule has 1 fully saturated rings. The summed E-state index contributed by atoms with van der Waals surface area (Å²) in [6, 6.07) is 0. The molecule has 1 saturated heterocycles. The molecule has 66 valence electrons. The molecule has 0 unspecified atom stereocenters. The zero-order valence-corrected chi connectivity index (χ0v) is 8.17. The molecule has 1 rings (SSSR count). The smallest absolute Gasteiger partial charge is 0.0933 e. The van der Waals surface area contributed by atoms with E-state index in [9.17, 15) is 0 Å². The molecule has 0 aromatic rings. The van der Waals surface area contributed by atoms with Crippen LogP contribution in [0, 0.1) is 0 Å². The van der Waals surface area contributed by atoms with Gasteiger partial charge in [0.1, 0.15) is 0 Å². The summed E-state index contributed by atoms with van der Waals surface area (Å²) in [5, 5.41) is 3.25. The van der Waals surface area contributed by atoms with Crippen LogP contribution in [0.15, 0.2) is 0 Å². The summed E-state index contributed by atoms with van der Waals surface area (Å²) in [4.78, 5) is 0. The monoisotopic (exact) mass is 175 g/mol. The molecule has 11 heavy (non-hydrogen) atoms. The van der Waals surface area contributed by atoms with E-state index >= 15 is 0 Å². The molecule has 1 aliphatic rings. The van der Waals surface area contributed by atoms with Crippen molar-refractivity contribution >= 4 is 11.8 Å². The number of hydrogen-bond donors (Lipinski definition) is 1. The van der Waals surface area contributed by atoms with E-state index in [2.05, 4.69) is 12.2 Å². The Morgan fingerprint density at radius 2 is 2.27 bits per heavy atom. The van der Waals surface area contributed by atoms with Crippen LogP contribution in [0.2, 0.25) is 0 Å². The predicted molar refractivity (Wildman–Crippen MR) is 50.2 cm³/mol. The first-order valence-corrected chi connectivity index (χ1v) is 5.32. The van der Waals surface area contributed by atoms with Gasteiger partial charge < -0.3 is 10.1 Å². The van der Waals surface area contributed by atoms with E-state index in [0.29, 0.717) is 0 Å². The van der Waals surface area contributed by atoms with Crippen LogP contribution in [-0.2, 0) is 4.74 Å². The van der Waals surface area contributed by atoms with Crippen LogP contribution in [0.4, 0.5) is 0 Å². The van der Waals surface area contributed by atoms with Crippen LogP contribution < -0.4 is 5.32 Å². The first-order chi connectivity index (χ1) is 5.33. The minimum atomic E-state index is 0.183. The highest BCUT2D eigenvalue weighted by molar-refractivity contribution is 7.99. The molecular formula is C8H17NOS. The lowest BCUT2D eigenvalue weighted by atomic mass is 9.94. The van der Waals surface area contributed by atoms with Gasteiger partial charge in [0.15, 0.2) is 0 Å². The maximum atomic E-state index is 5.44. The quantitative estimate of drug-likeness (QED) is 0.633. The highest BCUT2D eigenvalue weighted by Gasteiger charge is 2.35. The van der Waals surface area contributed by atoms with E-state index < -0.39 is 0 Å². The summed E-state index contributed by atoms with van der Waals surface area (Å²) in [7, 11) is 1.82. The fourth-order valence-electron chi connectivity index (χ4n) is 1.23. The second-order valence-electron chi connectivity index (χ2n) is 2.94. The van der Waals surface area contributed by atoms with Gasteiger partial charge in [-0.15, -0.1) is 0 Å². The Morgan fingerprint density at radius 1 is 1.55 bits per heavy atom. The van der Waals surface area contributed by atoms with Crippen LogP contribution in [0.1, 0.15) is 13.3 Å². The fourth-order valence-corrected chi connectivity index (χ4v) is 2.03. The van der Waals surface area contributed by atoms with Crippen LogP contribution in [-0.4, -0.2) is 37.3 Å². The number of ether oxygens (including phenoxy) is 1. The van der Waals surface area contributed by atoms with Gasteiger partial charge in [0.05, 0.1) is 5.60 Å². The van der Waals surface area contributed by atoms with E-state index in [1.54, 1.807) is 0 Å². The third-order valence-electron chi connectivity index (χ3n) is 2.23. The van der Waals surface area contributed by atoms with Crippen molar-refractivity contribution < 1.29 is 4.74 Å². The van der Waals surface area contributed by atoms with Gasteiger partial charge in [-0.05, 0) is 17.9 Å². The van der Waals surface area contributed by atoms with E-state index in [1.807, 2.05) is 18.9 Å². The number of nitrogens with one attached hydrogen (secondary N) is 1. The van der Waals surface area contributed by atoms with Crippen LogP contribution in [0.25, 0.3) is 0 Å². The lowest BCUT2D eigenvalue weighted by Crippen LogP contribution is -2.60. The van der Waals surface area contributed by atoms with Crippen LogP contribution in [0.3, 0.4) is 0 Å². The lowest BCUT2D eigenvalue weighted by molar-refractivity contribution is -0.0524. The number of methoxy groups -OCH3 is 1. The number of hydrogen-bond acceptors (Lipinski definition) is 3. The molecule has 2 nitrogen and oxygen atoms in total. The number of thioether (sulfide) groups is 1. The molecule has 0 atom stereocenters. The minimum Gasteiger partial charge on any atom is -0.376 e. The van der Waals surface area contributed by atoms with E-state index in [1.165, 1.54) is 17.9 Å². The van der Waals surface area contributed by atoms with Gasteiger partial charge in [-0.2, -0.15) is 11.8 Å². The Labute approximate surface area is 73.1 Å². The van der Waals surface area contributed by atoms with Gasteiger partial charge in [0, 0.05) is 20.2 Å². The van der Waals surface area contributed by atoms with Gasteiger partial charge in [-0.1, -0.05) is 6.92 Å². The van der Waals surface area contributed by atoms with Crippen molar-refractivity contribution in [2.75, 3.05) is 31.7 Å². The van der Waals surface area contributed by atoms with Crippen LogP contribution >= 0.6 is 11.8 Å². The van der Waals surface area contributed by atoms with Crippen molar-refractivity contribution in [3.05, 3.63) is 0 Å². The molecule has 0 aromatic carbocycles. The molecule has 0 saturated carbocycles. The molecule has 3 heteroatoms. The molecule has 1 N–H and O–H groups in total. The lowest BCUT2D eigenvalue weighted by Gasteiger charge is -2.41. The molecule has 0 amide bonds. The summed E-state index contributed by atoms with van der Waals surface area (Å²) in [5.41, 5.74) is 0.183. The van der Waals surface area contributed by atoms with Gasteiger partial charge in [0.25, 0.3) is 0 Å². The Morgan fingerprint density at radius 3 is 2.64 bits per heavy atom. The van der Waals surface area contributed by atoms with E-state index in [0.717, 1.165) is 13.1 Å². The third kappa shape index (κ3) is 2.36. The summed E-state index contributed by atoms with van der Waals surface area (Å²) in [5.74, 6) is 2.44. The molecule has 0 bridgehead atoms. The highest BCUT2D eigenvalue weighted by atomic mass is 32.2.